The quantitative estimate of drug-likeness (QED) is 0.466. The Morgan fingerprint density at radius 2 is 1.75 bits per heavy atom. The van der Waals surface area contributed by atoms with Crippen molar-refractivity contribution in [2.24, 2.45) is 0 Å². The van der Waals surface area contributed by atoms with Crippen molar-refractivity contribution in [3.05, 3.63) is 34.9 Å². The predicted molar refractivity (Wildman–Crippen MR) is 122 cm³/mol. The largest absolute Gasteiger partial charge is 0.456 e. The van der Waals surface area contributed by atoms with Gasteiger partial charge in [0.2, 0.25) is 0 Å². The molecule has 1 aromatic carbocycles. The number of carbonyl (C=O) groups excluding carboxylic acids is 3. The van der Waals surface area contributed by atoms with Crippen LogP contribution in [0.4, 0.5) is 0 Å². The predicted octanol–water partition coefficient (Wildman–Crippen LogP) is 2.96. The van der Waals surface area contributed by atoms with E-state index < -0.39 is 5.97 Å². The molecule has 7 nitrogen and oxygen atoms in total. The van der Waals surface area contributed by atoms with E-state index in [9.17, 15) is 14.4 Å². The van der Waals surface area contributed by atoms with Gasteiger partial charge in [0.1, 0.15) is 0 Å². The van der Waals surface area contributed by atoms with Crippen LogP contribution in [-0.2, 0) is 19.1 Å². The average molecular weight is 445 g/mol. The first-order valence-corrected chi connectivity index (χ1v) is 11.8. The van der Waals surface area contributed by atoms with Crippen LogP contribution < -0.4 is 5.32 Å². The van der Waals surface area contributed by atoms with E-state index in [1.54, 1.807) is 6.07 Å². The maximum Gasteiger partial charge on any atom is 0.306 e. The summed E-state index contributed by atoms with van der Waals surface area (Å²) in [5.41, 5.74) is 2.73. The van der Waals surface area contributed by atoms with Crippen LogP contribution in [0.15, 0.2) is 18.2 Å². The van der Waals surface area contributed by atoms with E-state index in [4.69, 9.17) is 9.47 Å². The maximum atomic E-state index is 12.3. The lowest BCUT2D eigenvalue weighted by Gasteiger charge is -2.48. The van der Waals surface area contributed by atoms with Crippen LogP contribution in [0.3, 0.4) is 0 Å². The second kappa shape index (κ2) is 11.6. The summed E-state index contributed by atoms with van der Waals surface area (Å²) in [4.78, 5) is 39.2. The number of Topliss-reactive ketones (excluding diaryl/α,β-unsaturated/α-hetero) is 1. The van der Waals surface area contributed by atoms with Crippen molar-refractivity contribution in [1.29, 1.82) is 0 Å². The third-order valence-electron chi connectivity index (χ3n) is 6.83. The number of rotatable bonds is 9. The number of amides is 1. The molecule has 1 saturated carbocycles. The van der Waals surface area contributed by atoms with E-state index in [0.29, 0.717) is 12.1 Å². The summed E-state index contributed by atoms with van der Waals surface area (Å²) in [5, 5.41) is 2.98. The Morgan fingerprint density at radius 3 is 2.44 bits per heavy atom. The van der Waals surface area contributed by atoms with Crippen LogP contribution in [0.25, 0.3) is 0 Å². The first-order chi connectivity index (χ1) is 15.4. The first kappa shape index (κ1) is 24.4. The standard InChI is InChI=1S/C25H36N2O5/c1-19-6-7-21(16-20(19)2)22(28)8-9-24(30)32-17-23(29)26-18-25(10-4-3-5-11-25)27-12-14-31-15-13-27/h6-7,16H,3-5,8-15,17-18H2,1-2H3,(H,26,29). The molecule has 2 fully saturated rings. The highest BCUT2D eigenvalue weighted by Crippen LogP contribution is 2.33. The third-order valence-corrected chi connectivity index (χ3v) is 6.83. The lowest BCUT2D eigenvalue weighted by Crippen LogP contribution is -2.59. The van der Waals surface area contributed by atoms with E-state index in [2.05, 4.69) is 10.2 Å². The number of nitrogens with one attached hydrogen (secondary N) is 1. The average Bonchev–Trinajstić information content (AvgIpc) is 2.82. The molecule has 32 heavy (non-hydrogen) atoms. The fourth-order valence-electron chi connectivity index (χ4n) is 4.66. The second-order valence-electron chi connectivity index (χ2n) is 9.04. The van der Waals surface area contributed by atoms with Gasteiger partial charge in [-0.05, 0) is 43.9 Å². The van der Waals surface area contributed by atoms with E-state index in [1.165, 1.54) is 6.42 Å². The minimum absolute atomic E-state index is 0.0275. The number of morpholine rings is 1. The summed E-state index contributed by atoms with van der Waals surface area (Å²) < 4.78 is 10.6. The molecule has 1 aliphatic heterocycles. The van der Waals surface area contributed by atoms with Crippen LogP contribution in [0.2, 0.25) is 0 Å². The molecule has 0 unspecified atom stereocenters. The van der Waals surface area contributed by atoms with Gasteiger partial charge in [-0.25, -0.2) is 0 Å². The number of hydrogen-bond acceptors (Lipinski definition) is 6. The highest BCUT2D eigenvalue weighted by Gasteiger charge is 2.38. The van der Waals surface area contributed by atoms with Gasteiger partial charge in [-0.15, -0.1) is 0 Å². The third kappa shape index (κ3) is 6.62. The van der Waals surface area contributed by atoms with Crippen molar-refractivity contribution < 1.29 is 23.9 Å². The van der Waals surface area contributed by atoms with Crippen LogP contribution in [0.5, 0.6) is 0 Å². The number of ether oxygens (including phenoxy) is 2. The summed E-state index contributed by atoms with van der Waals surface area (Å²) in [6.07, 6.45) is 5.73. The van der Waals surface area contributed by atoms with Gasteiger partial charge in [-0.2, -0.15) is 0 Å². The van der Waals surface area contributed by atoms with E-state index >= 15 is 0 Å². The normalized spacial score (nSPS) is 18.7. The minimum Gasteiger partial charge on any atom is -0.456 e. The van der Waals surface area contributed by atoms with Crippen LogP contribution >= 0.6 is 0 Å². The molecule has 1 heterocycles. The van der Waals surface area contributed by atoms with E-state index in [-0.39, 0.29) is 36.7 Å². The topological polar surface area (TPSA) is 84.9 Å². The van der Waals surface area contributed by atoms with E-state index in [1.807, 2.05) is 26.0 Å². The molecule has 1 saturated heterocycles. The summed E-state index contributed by atoms with van der Waals surface area (Å²) in [5.74, 6) is -0.922. The number of nitrogens with zero attached hydrogens (tertiary/aromatic N) is 1. The zero-order valence-corrected chi connectivity index (χ0v) is 19.4. The Morgan fingerprint density at radius 1 is 1.03 bits per heavy atom. The van der Waals surface area contributed by atoms with Gasteiger partial charge in [0.15, 0.2) is 12.4 Å². The van der Waals surface area contributed by atoms with Crippen molar-refractivity contribution in [1.82, 2.24) is 10.2 Å². The van der Waals surface area contributed by atoms with Crippen molar-refractivity contribution in [3.63, 3.8) is 0 Å². The molecule has 7 heteroatoms. The molecule has 1 amide bonds. The second-order valence-corrected chi connectivity index (χ2v) is 9.04. The Bertz CT molecular complexity index is 811. The molecule has 0 aromatic heterocycles. The van der Waals surface area contributed by atoms with Gasteiger partial charge in [0.25, 0.3) is 5.91 Å². The molecule has 1 aliphatic carbocycles. The van der Waals surface area contributed by atoms with Crippen molar-refractivity contribution in [3.8, 4) is 0 Å². The van der Waals surface area contributed by atoms with Gasteiger partial charge < -0.3 is 14.8 Å². The fourth-order valence-corrected chi connectivity index (χ4v) is 4.66. The van der Waals surface area contributed by atoms with Gasteiger partial charge in [-0.3, -0.25) is 19.3 Å². The van der Waals surface area contributed by atoms with Gasteiger partial charge >= 0.3 is 5.97 Å². The number of esters is 1. The monoisotopic (exact) mass is 444 g/mol. The number of ketones is 1. The van der Waals surface area contributed by atoms with Gasteiger partial charge in [0, 0.05) is 37.2 Å². The molecule has 1 aromatic rings. The number of aryl methyl sites for hydroxylation is 2. The van der Waals surface area contributed by atoms with E-state index in [0.717, 1.165) is 63.1 Å². The molecule has 2 aliphatic rings. The van der Waals surface area contributed by atoms with Gasteiger partial charge in [0.05, 0.1) is 19.6 Å². The molecular formula is C25H36N2O5. The molecule has 1 N–H and O–H groups in total. The Hall–Kier alpha value is -2.25. The Balaban J connectivity index is 1.41. The lowest BCUT2D eigenvalue weighted by molar-refractivity contribution is -0.148. The van der Waals surface area contributed by atoms with Crippen LogP contribution in [0.1, 0.15) is 66.4 Å². The SMILES string of the molecule is Cc1ccc(C(=O)CCC(=O)OCC(=O)NCC2(N3CCOCC3)CCCCC2)cc1C. The smallest absolute Gasteiger partial charge is 0.306 e. The lowest BCUT2D eigenvalue weighted by atomic mass is 9.79. The Kier molecular flexibility index (Phi) is 8.82. The highest BCUT2D eigenvalue weighted by atomic mass is 16.5. The summed E-state index contributed by atoms with van der Waals surface area (Å²) in [7, 11) is 0. The molecule has 176 valence electrons. The summed E-state index contributed by atoms with van der Waals surface area (Å²) in [6, 6.07) is 5.52. The highest BCUT2D eigenvalue weighted by molar-refractivity contribution is 5.97. The number of hydrogen-bond donors (Lipinski definition) is 1. The number of carbonyl (C=O) groups is 3. The molecule has 0 spiro atoms. The van der Waals surface area contributed by atoms with Crippen molar-refractivity contribution in [2.45, 2.75) is 64.3 Å². The zero-order chi connectivity index (χ0) is 23.0. The van der Waals surface area contributed by atoms with Crippen LogP contribution in [0, 0.1) is 13.8 Å². The molecular weight excluding hydrogens is 408 g/mol. The first-order valence-electron chi connectivity index (χ1n) is 11.8. The summed E-state index contributed by atoms with van der Waals surface area (Å²) >= 11 is 0. The van der Waals surface area contributed by atoms with Gasteiger partial charge in [-0.1, -0.05) is 31.4 Å². The maximum absolute atomic E-state index is 12.3. The minimum atomic E-state index is -0.530. The number of benzene rings is 1. The molecule has 0 atom stereocenters. The Labute approximate surface area is 190 Å². The van der Waals surface area contributed by atoms with Crippen molar-refractivity contribution in [2.75, 3.05) is 39.5 Å². The molecule has 0 bridgehead atoms. The molecule has 0 radical (unpaired) electrons. The molecule has 3 rings (SSSR count). The van der Waals surface area contributed by atoms with Crippen molar-refractivity contribution >= 4 is 17.7 Å². The van der Waals surface area contributed by atoms with Crippen LogP contribution in [-0.4, -0.2) is 67.6 Å². The summed E-state index contributed by atoms with van der Waals surface area (Å²) in [6.45, 7) is 7.43. The zero-order valence-electron chi connectivity index (χ0n) is 19.4. The fraction of sp³-hybridized carbons (Fsp3) is 0.640.